The molecule has 0 N–H and O–H groups in total. The van der Waals surface area contributed by atoms with Crippen LogP contribution in [0.1, 0.15) is 29.5 Å². The second-order valence-corrected chi connectivity index (χ2v) is 9.92. The Bertz CT molecular complexity index is 1000. The Morgan fingerprint density at radius 3 is 2.53 bits per heavy atom. The summed E-state index contributed by atoms with van der Waals surface area (Å²) >= 11 is 0. The van der Waals surface area contributed by atoms with Crippen LogP contribution >= 0.6 is 0 Å². The van der Waals surface area contributed by atoms with Crippen molar-refractivity contribution in [1.82, 2.24) is 9.21 Å². The number of aryl methyl sites for hydroxylation is 2. The van der Waals surface area contributed by atoms with E-state index < -0.39 is 10.0 Å². The molecule has 1 atom stereocenters. The topological polar surface area (TPSA) is 66.9 Å². The van der Waals surface area contributed by atoms with Gasteiger partial charge < -0.3 is 9.64 Å². The van der Waals surface area contributed by atoms with E-state index in [1.54, 1.807) is 25.1 Å². The first-order chi connectivity index (χ1) is 14.2. The number of hydrogen-bond donors (Lipinski definition) is 0. The molecule has 0 bridgehead atoms. The summed E-state index contributed by atoms with van der Waals surface area (Å²) in [4.78, 5) is 15.1. The summed E-state index contributed by atoms with van der Waals surface area (Å²) in [7, 11) is -0.240. The van der Waals surface area contributed by atoms with Gasteiger partial charge in [-0.05, 0) is 61.6 Å². The smallest absolute Gasteiger partial charge is 0.243 e. The van der Waals surface area contributed by atoms with Crippen LogP contribution in [0.3, 0.4) is 0 Å². The number of amides is 1. The first-order valence-electron chi connectivity index (χ1n) is 10.2. The Labute approximate surface area is 179 Å². The van der Waals surface area contributed by atoms with Crippen molar-refractivity contribution in [1.29, 1.82) is 0 Å². The molecule has 0 saturated carbocycles. The fourth-order valence-corrected chi connectivity index (χ4v) is 5.71. The molecule has 1 heterocycles. The van der Waals surface area contributed by atoms with Crippen molar-refractivity contribution < 1.29 is 17.9 Å². The monoisotopic (exact) mass is 430 g/mol. The number of benzene rings is 2. The third-order valence-electron chi connectivity index (χ3n) is 5.65. The van der Waals surface area contributed by atoms with E-state index in [2.05, 4.69) is 0 Å². The second-order valence-electron chi connectivity index (χ2n) is 8.01. The Kier molecular flexibility index (Phi) is 6.83. The van der Waals surface area contributed by atoms with E-state index in [0.29, 0.717) is 30.8 Å². The van der Waals surface area contributed by atoms with Gasteiger partial charge in [-0.15, -0.1) is 0 Å². The Hall–Kier alpha value is -2.38. The molecule has 1 amide bonds. The van der Waals surface area contributed by atoms with Gasteiger partial charge in [0.25, 0.3) is 0 Å². The average molecular weight is 431 g/mol. The number of ether oxygens (including phenoxy) is 1. The number of sulfonamides is 1. The van der Waals surface area contributed by atoms with E-state index in [1.807, 2.05) is 50.2 Å². The lowest BCUT2D eigenvalue weighted by atomic mass is 9.98. The molecule has 0 radical (unpaired) electrons. The predicted octanol–water partition coefficient (Wildman–Crippen LogP) is 3.37. The van der Waals surface area contributed by atoms with Gasteiger partial charge in [-0.1, -0.05) is 24.3 Å². The van der Waals surface area contributed by atoms with Crippen LogP contribution in [0.15, 0.2) is 47.4 Å². The molecule has 1 aliphatic heterocycles. The third-order valence-corrected chi connectivity index (χ3v) is 7.66. The first-order valence-corrected chi connectivity index (χ1v) is 11.6. The molecule has 0 aromatic heterocycles. The standard InChI is InChI=1S/C23H30N2O4S/c1-17-7-8-18(2)22(14-17)30(27,28)25-13-5-6-20(16-25)23(26)24(3)15-19-9-11-21(29-4)12-10-19/h7-12,14,20H,5-6,13,15-16H2,1-4H3. The number of methoxy groups -OCH3 is 1. The van der Waals surface area contributed by atoms with Gasteiger partial charge in [-0.2, -0.15) is 4.31 Å². The lowest BCUT2D eigenvalue weighted by molar-refractivity contribution is -0.135. The Morgan fingerprint density at radius 2 is 1.87 bits per heavy atom. The molecule has 162 valence electrons. The molecule has 1 aliphatic rings. The van der Waals surface area contributed by atoms with Crippen molar-refractivity contribution in [2.45, 2.75) is 38.1 Å². The SMILES string of the molecule is COc1ccc(CN(C)C(=O)C2CCCN(S(=O)(=O)c3cc(C)ccc3C)C2)cc1. The fourth-order valence-electron chi connectivity index (χ4n) is 3.88. The van der Waals surface area contributed by atoms with Gasteiger partial charge in [0.15, 0.2) is 0 Å². The minimum atomic E-state index is -3.63. The van der Waals surface area contributed by atoms with Crippen molar-refractivity contribution in [3.8, 4) is 5.75 Å². The molecule has 0 spiro atoms. The number of piperidine rings is 1. The van der Waals surface area contributed by atoms with Crippen molar-refractivity contribution in [3.05, 3.63) is 59.2 Å². The summed E-state index contributed by atoms with van der Waals surface area (Å²) in [6.45, 7) is 4.84. The second kappa shape index (κ2) is 9.18. The number of carbonyl (C=O) groups excluding carboxylic acids is 1. The highest BCUT2D eigenvalue weighted by atomic mass is 32.2. The molecule has 2 aromatic rings. The first kappa shape index (κ1) is 22.3. The van der Waals surface area contributed by atoms with Gasteiger partial charge >= 0.3 is 0 Å². The maximum atomic E-state index is 13.2. The summed E-state index contributed by atoms with van der Waals surface area (Å²) < 4.78 is 33.1. The van der Waals surface area contributed by atoms with E-state index in [9.17, 15) is 13.2 Å². The Balaban J connectivity index is 1.71. The maximum Gasteiger partial charge on any atom is 0.243 e. The summed E-state index contributed by atoms with van der Waals surface area (Å²) in [5, 5.41) is 0. The molecule has 30 heavy (non-hydrogen) atoms. The van der Waals surface area contributed by atoms with Gasteiger partial charge in [0.2, 0.25) is 15.9 Å². The van der Waals surface area contributed by atoms with Crippen LogP contribution in [0.2, 0.25) is 0 Å². The van der Waals surface area contributed by atoms with Crippen LogP contribution in [0.5, 0.6) is 5.75 Å². The molecule has 6 nitrogen and oxygen atoms in total. The van der Waals surface area contributed by atoms with Crippen LogP contribution in [-0.4, -0.2) is 50.8 Å². The molecular weight excluding hydrogens is 400 g/mol. The molecule has 7 heteroatoms. The Morgan fingerprint density at radius 1 is 1.17 bits per heavy atom. The summed E-state index contributed by atoms with van der Waals surface area (Å²) in [5.41, 5.74) is 2.64. The van der Waals surface area contributed by atoms with Crippen LogP contribution in [0.4, 0.5) is 0 Å². The van der Waals surface area contributed by atoms with E-state index in [-0.39, 0.29) is 18.4 Å². The minimum Gasteiger partial charge on any atom is -0.497 e. The van der Waals surface area contributed by atoms with Crippen molar-refractivity contribution >= 4 is 15.9 Å². The molecular formula is C23H30N2O4S. The minimum absolute atomic E-state index is 0.0216. The molecule has 1 saturated heterocycles. The molecule has 2 aromatic carbocycles. The van der Waals surface area contributed by atoms with E-state index in [4.69, 9.17) is 4.74 Å². The number of nitrogens with zero attached hydrogens (tertiary/aromatic N) is 2. The third kappa shape index (κ3) is 4.84. The van der Waals surface area contributed by atoms with E-state index in [1.165, 1.54) is 4.31 Å². The number of hydrogen-bond acceptors (Lipinski definition) is 4. The molecule has 1 unspecified atom stereocenters. The van der Waals surface area contributed by atoms with E-state index >= 15 is 0 Å². The molecule has 3 rings (SSSR count). The van der Waals surface area contributed by atoms with Crippen LogP contribution < -0.4 is 4.74 Å². The highest BCUT2D eigenvalue weighted by molar-refractivity contribution is 7.89. The fraction of sp³-hybridized carbons (Fsp3) is 0.435. The molecule has 1 fully saturated rings. The number of carbonyl (C=O) groups is 1. The lowest BCUT2D eigenvalue weighted by Gasteiger charge is -2.33. The van der Waals surface area contributed by atoms with Gasteiger partial charge in [0.05, 0.1) is 17.9 Å². The zero-order valence-electron chi connectivity index (χ0n) is 18.1. The van der Waals surface area contributed by atoms with Gasteiger partial charge in [0, 0.05) is 26.7 Å². The average Bonchev–Trinajstić information content (AvgIpc) is 2.75. The summed E-state index contributed by atoms with van der Waals surface area (Å²) in [5.74, 6) is 0.417. The van der Waals surface area contributed by atoms with Gasteiger partial charge in [-0.3, -0.25) is 4.79 Å². The highest BCUT2D eigenvalue weighted by Crippen LogP contribution is 2.27. The van der Waals surface area contributed by atoms with Gasteiger partial charge in [0.1, 0.15) is 5.75 Å². The van der Waals surface area contributed by atoms with E-state index in [0.717, 1.165) is 22.4 Å². The van der Waals surface area contributed by atoms with Crippen molar-refractivity contribution in [3.63, 3.8) is 0 Å². The summed E-state index contributed by atoms with van der Waals surface area (Å²) in [6, 6.07) is 13.1. The zero-order chi connectivity index (χ0) is 21.9. The maximum absolute atomic E-state index is 13.2. The predicted molar refractivity (Wildman–Crippen MR) is 117 cm³/mol. The normalized spacial score (nSPS) is 17.5. The van der Waals surface area contributed by atoms with Crippen LogP contribution in [0, 0.1) is 19.8 Å². The van der Waals surface area contributed by atoms with Crippen molar-refractivity contribution in [2.24, 2.45) is 5.92 Å². The number of rotatable bonds is 6. The lowest BCUT2D eigenvalue weighted by Crippen LogP contribution is -2.45. The van der Waals surface area contributed by atoms with Crippen LogP contribution in [-0.2, 0) is 21.4 Å². The zero-order valence-corrected chi connectivity index (χ0v) is 18.9. The largest absolute Gasteiger partial charge is 0.497 e. The summed E-state index contributed by atoms with van der Waals surface area (Å²) in [6.07, 6.45) is 1.38. The highest BCUT2D eigenvalue weighted by Gasteiger charge is 2.35. The van der Waals surface area contributed by atoms with Crippen LogP contribution in [0.25, 0.3) is 0 Å². The van der Waals surface area contributed by atoms with Crippen molar-refractivity contribution in [2.75, 3.05) is 27.2 Å². The van der Waals surface area contributed by atoms with Gasteiger partial charge in [-0.25, -0.2) is 8.42 Å². The quantitative estimate of drug-likeness (QED) is 0.705. The molecule has 0 aliphatic carbocycles.